The standard InChI is InChI=1S/C22H20ClNO4/c23-18-4-1-3-15(12-18)16-11-17-14-24(8-10-28-22(17)20(25)13-16)21(26)7-6-19-5-2-9-27-19/h1-5,9,11-13,25H,6-8,10,14H2. The number of furan rings is 1. The molecule has 1 N–H and O–H groups in total. The van der Waals surface area contributed by atoms with Crippen LogP contribution < -0.4 is 4.74 Å². The molecule has 6 heteroatoms. The first-order chi connectivity index (χ1) is 13.6. The van der Waals surface area contributed by atoms with Gasteiger partial charge in [-0.15, -0.1) is 0 Å². The van der Waals surface area contributed by atoms with Gasteiger partial charge in [0.05, 0.1) is 12.8 Å². The van der Waals surface area contributed by atoms with E-state index in [0.29, 0.717) is 43.3 Å². The zero-order valence-electron chi connectivity index (χ0n) is 15.2. The third kappa shape index (κ3) is 3.99. The van der Waals surface area contributed by atoms with Crippen LogP contribution in [0.5, 0.6) is 11.5 Å². The second-order valence-electron chi connectivity index (χ2n) is 6.74. The number of amides is 1. The highest BCUT2D eigenvalue weighted by atomic mass is 35.5. The normalized spacial score (nSPS) is 13.5. The van der Waals surface area contributed by atoms with Crippen LogP contribution in [0.3, 0.4) is 0 Å². The van der Waals surface area contributed by atoms with Crippen molar-refractivity contribution in [2.24, 2.45) is 0 Å². The lowest BCUT2D eigenvalue weighted by Crippen LogP contribution is -2.32. The van der Waals surface area contributed by atoms with Crippen LogP contribution in [0.25, 0.3) is 11.1 Å². The number of halogens is 1. The molecule has 0 saturated heterocycles. The van der Waals surface area contributed by atoms with Crippen LogP contribution in [0.1, 0.15) is 17.7 Å². The van der Waals surface area contributed by atoms with Gasteiger partial charge < -0.3 is 19.2 Å². The van der Waals surface area contributed by atoms with Gasteiger partial charge in [-0.25, -0.2) is 0 Å². The van der Waals surface area contributed by atoms with E-state index >= 15 is 0 Å². The van der Waals surface area contributed by atoms with E-state index in [0.717, 1.165) is 22.5 Å². The van der Waals surface area contributed by atoms with Crippen LogP contribution in [-0.2, 0) is 17.8 Å². The van der Waals surface area contributed by atoms with Gasteiger partial charge in [0.1, 0.15) is 12.4 Å². The first kappa shape index (κ1) is 18.4. The number of nitrogens with zero attached hydrogens (tertiary/aromatic N) is 1. The van der Waals surface area contributed by atoms with Gasteiger partial charge in [0.15, 0.2) is 11.5 Å². The molecular formula is C22H20ClNO4. The Morgan fingerprint density at radius 2 is 2.04 bits per heavy atom. The summed E-state index contributed by atoms with van der Waals surface area (Å²) >= 11 is 6.10. The number of ether oxygens (including phenoxy) is 1. The highest BCUT2D eigenvalue weighted by molar-refractivity contribution is 6.30. The number of carbonyl (C=O) groups excluding carboxylic acids is 1. The van der Waals surface area contributed by atoms with E-state index in [2.05, 4.69) is 0 Å². The fourth-order valence-electron chi connectivity index (χ4n) is 3.39. The number of benzene rings is 2. The summed E-state index contributed by atoms with van der Waals surface area (Å²) in [5, 5.41) is 11.1. The Morgan fingerprint density at radius 3 is 2.82 bits per heavy atom. The van der Waals surface area contributed by atoms with Gasteiger partial charge in [0.25, 0.3) is 0 Å². The predicted molar refractivity (Wildman–Crippen MR) is 106 cm³/mol. The summed E-state index contributed by atoms with van der Waals surface area (Å²) in [7, 11) is 0. The minimum Gasteiger partial charge on any atom is -0.504 e. The maximum atomic E-state index is 12.7. The highest BCUT2D eigenvalue weighted by Gasteiger charge is 2.23. The molecule has 144 valence electrons. The van der Waals surface area contributed by atoms with Crippen LogP contribution in [0, 0.1) is 0 Å². The molecule has 2 heterocycles. The van der Waals surface area contributed by atoms with E-state index in [9.17, 15) is 9.90 Å². The van der Waals surface area contributed by atoms with Crippen molar-refractivity contribution in [1.82, 2.24) is 4.90 Å². The lowest BCUT2D eigenvalue weighted by Gasteiger charge is -2.20. The number of carbonyl (C=O) groups is 1. The molecule has 0 saturated carbocycles. The summed E-state index contributed by atoms with van der Waals surface area (Å²) < 4.78 is 11.0. The fourth-order valence-corrected chi connectivity index (χ4v) is 3.58. The summed E-state index contributed by atoms with van der Waals surface area (Å²) in [6.07, 6.45) is 2.53. The van der Waals surface area contributed by atoms with Gasteiger partial charge >= 0.3 is 0 Å². The molecular weight excluding hydrogens is 378 g/mol. The summed E-state index contributed by atoms with van der Waals surface area (Å²) in [5.74, 6) is 1.32. The van der Waals surface area contributed by atoms with Crippen molar-refractivity contribution >= 4 is 17.5 Å². The monoisotopic (exact) mass is 397 g/mol. The number of hydrogen-bond acceptors (Lipinski definition) is 4. The Kier molecular flexibility index (Phi) is 5.26. The number of phenols is 1. The quantitative estimate of drug-likeness (QED) is 0.695. The van der Waals surface area contributed by atoms with Crippen molar-refractivity contribution in [1.29, 1.82) is 0 Å². The second kappa shape index (κ2) is 7.98. The fraction of sp³-hybridized carbons (Fsp3) is 0.227. The summed E-state index contributed by atoms with van der Waals surface area (Å²) in [4.78, 5) is 14.4. The molecule has 1 aliphatic rings. The van der Waals surface area contributed by atoms with Crippen LogP contribution >= 0.6 is 11.6 Å². The van der Waals surface area contributed by atoms with Crippen LogP contribution in [-0.4, -0.2) is 29.1 Å². The van der Waals surface area contributed by atoms with E-state index in [-0.39, 0.29) is 11.7 Å². The zero-order valence-corrected chi connectivity index (χ0v) is 16.0. The molecule has 0 fully saturated rings. The summed E-state index contributed by atoms with van der Waals surface area (Å²) in [5.41, 5.74) is 2.50. The van der Waals surface area contributed by atoms with E-state index in [4.69, 9.17) is 20.8 Å². The van der Waals surface area contributed by atoms with Gasteiger partial charge in [-0.3, -0.25) is 4.79 Å². The SMILES string of the molecule is O=C(CCc1ccco1)N1CCOc2c(O)cc(-c3cccc(Cl)c3)cc2C1. The molecule has 4 rings (SSSR count). The van der Waals surface area contributed by atoms with Crippen molar-refractivity contribution in [3.63, 3.8) is 0 Å². The van der Waals surface area contributed by atoms with Gasteiger partial charge in [0.2, 0.25) is 5.91 Å². The predicted octanol–water partition coefficient (Wildman–Crippen LogP) is 4.66. The number of aromatic hydroxyl groups is 1. The molecule has 0 bridgehead atoms. The zero-order chi connectivity index (χ0) is 19.5. The van der Waals surface area contributed by atoms with Crippen molar-refractivity contribution in [2.75, 3.05) is 13.2 Å². The third-order valence-corrected chi connectivity index (χ3v) is 5.03. The average Bonchev–Trinajstić information content (AvgIpc) is 3.11. The second-order valence-corrected chi connectivity index (χ2v) is 7.17. The molecule has 0 spiro atoms. The number of hydrogen-bond donors (Lipinski definition) is 1. The Balaban J connectivity index is 1.56. The molecule has 2 aromatic carbocycles. The topological polar surface area (TPSA) is 62.9 Å². The highest BCUT2D eigenvalue weighted by Crippen LogP contribution is 2.38. The Labute approximate surface area is 168 Å². The lowest BCUT2D eigenvalue weighted by molar-refractivity contribution is -0.132. The average molecular weight is 398 g/mol. The summed E-state index contributed by atoms with van der Waals surface area (Å²) in [6, 6.07) is 14.7. The Bertz CT molecular complexity index is 984. The minimum absolute atomic E-state index is 0.0282. The van der Waals surface area contributed by atoms with Crippen molar-refractivity contribution in [2.45, 2.75) is 19.4 Å². The molecule has 1 aromatic heterocycles. The molecule has 5 nitrogen and oxygen atoms in total. The lowest BCUT2D eigenvalue weighted by atomic mass is 10.0. The molecule has 0 unspecified atom stereocenters. The van der Waals surface area contributed by atoms with E-state index in [1.807, 2.05) is 36.4 Å². The van der Waals surface area contributed by atoms with Gasteiger partial charge in [0, 0.05) is 30.0 Å². The largest absolute Gasteiger partial charge is 0.504 e. The first-order valence-corrected chi connectivity index (χ1v) is 9.53. The summed E-state index contributed by atoms with van der Waals surface area (Å²) in [6.45, 7) is 1.19. The molecule has 0 radical (unpaired) electrons. The van der Waals surface area contributed by atoms with E-state index < -0.39 is 0 Å². The van der Waals surface area contributed by atoms with Gasteiger partial charge in [-0.2, -0.15) is 0 Å². The maximum absolute atomic E-state index is 12.7. The van der Waals surface area contributed by atoms with Crippen molar-refractivity contribution in [3.05, 3.63) is 71.1 Å². The Morgan fingerprint density at radius 1 is 1.14 bits per heavy atom. The number of fused-ring (bicyclic) bond motifs is 1. The van der Waals surface area contributed by atoms with Gasteiger partial charge in [-0.1, -0.05) is 23.7 Å². The smallest absolute Gasteiger partial charge is 0.223 e. The van der Waals surface area contributed by atoms with Crippen molar-refractivity contribution < 1.29 is 19.1 Å². The molecule has 3 aromatic rings. The third-order valence-electron chi connectivity index (χ3n) is 4.79. The van der Waals surface area contributed by atoms with Crippen LogP contribution in [0.2, 0.25) is 5.02 Å². The Hall–Kier alpha value is -2.92. The number of phenolic OH excluding ortho intramolecular Hbond substituents is 1. The number of rotatable bonds is 4. The molecule has 28 heavy (non-hydrogen) atoms. The van der Waals surface area contributed by atoms with Crippen molar-refractivity contribution in [3.8, 4) is 22.6 Å². The molecule has 0 atom stereocenters. The van der Waals surface area contributed by atoms with E-state index in [1.165, 1.54) is 0 Å². The number of aryl methyl sites for hydroxylation is 1. The van der Waals surface area contributed by atoms with Crippen LogP contribution in [0.15, 0.2) is 59.2 Å². The van der Waals surface area contributed by atoms with E-state index in [1.54, 1.807) is 23.3 Å². The molecule has 1 amide bonds. The minimum atomic E-state index is 0.0282. The maximum Gasteiger partial charge on any atom is 0.223 e. The molecule has 1 aliphatic heterocycles. The van der Waals surface area contributed by atoms with Gasteiger partial charge in [-0.05, 0) is 47.5 Å². The first-order valence-electron chi connectivity index (χ1n) is 9.15. The van der Waals surface area contributed by atoms with Crippen LogP contribution in [0.4, 0.5) is 0 Å². The molecule has 0 aliphatic carbocycles.